The second kappa shape index (κ2) is 26.8. The van der Waals surface area contributed by atoms with Crippen LogP contribution in [0.15, 0.2) is 24.3 Å². The standard InChI is InChI=1S/C34H54BN4O11PS5/c1-33(2,3)56-55-30(21-47-25-10-7-9-24(17-25)32(41)39-14-12-36)46-16-15-45-20-29(40)38-13-8-11-35-28-18-26(50-31(54-52-6)22-53-23-37)27(49-28)19-48-34(4,5)51(42,43)44/h7,9-10,17,26-28,30-31,35H,12-16,18-22,36H2,1-6H3,(H,38,40)(H,39,41)(H2,42,43,44)/t26-,27?,28-,30?,31-/m1/s1. The van der Waals surface area contributed by atoms with Crippen LogP contribution >= 0.6 is 62.5 Å². The lowest BCUT2D eigenvalue weighted by Crippen LogP contribution is -2.36. The fraction of sp³-hybridized carbons (Fsp3) is 0.676. The number of hydrogen-bond acceptors (Lipinski definition) is 16. The van der Waals surface area contributed by atoms with Crippen molar-refractivity contribution in [1.29, 1.82) is 5.26 Å². The van der Waals surface area contributed by atoms with Gasteiger partial charge in [0.15, 0.2) is 5.34 Å². The van der Waals surface area contributed by atoms with E-state index in [9.17, 15) is 23.9 Å². The summed E-state index contributed by atoms with van der Waals surface area (Å²) in [5.41, 5.74) is 5.29. The minimum atomic E-state index is -4.54. The molecule has 1 heterocycles. The Morgan fingerprint density at radius 2 is 1.93 bits per heavy atom. The van der Waals surface area contributed by atoms with E-state index in [1.807, 2.05) is 11.7 Å². The van der Waals surface area contributed by atoms with Gasteiger partial charge in [-0.3, -0.25) is 14.2 Å². The van der Waals surface area contributed by atoms with Crippen molar-refractivity contribution in [2.24, 2.45) is 5.73 Å². The summed E-state index contributed by atoms with van der Waals surface area (Å²) < 4.78 is 47.4. The molecule has 0 bridgehead atoms. The molecule has 1 aromatic carbocycles. The van der Waals surface area contributed by atoms with Crippen LogP contribution in [0.1, 0.15) is 51.4 Å². The first-order valence-electron chi connectivity index (χ1n) is 17.7. The molecule has 1 fully saturated rings. The molecule has 0 saturated carbocycles. The third kappa shape index (κ3) is 21.1. The molecule has 5 atom stereocenters. The number of nitrogens with zero attached hydrogens (tertiary/aromatic N) is 1. The summed E-state index contributed by atoms with van der Waals surface area (Å²) in [4.78, 5) is 44.0. The number of thiocyanates is 1. The van der Waals surface area contributed by atoms with Crippen LogP contribution in [-0.4, -0.2) is 133 Å². The van der Waals surface area contributed by atoms with Crippen LogP contribution in [0.5, 0.6) is 5.75 Å². The number of thioether (sulfide) groups is 1. The van der Waals surface area contributed by atoms with Crippen LogP contribution in [0.3, 0.4) is 0 Å². The number of hydrogen-bond donors (Lipinski definition) is 5. The van der Waals surface area contributed by atoms with Gasteiger partial charge in [0.1, 0.15) is 41.3 Å². The van der Waals surface area contributed by atoms with Crippen molar-refractivity contribution in [1.82, 2.24) is 10.6 Å². The summed E-state index contributed by atoms with van der Waals surface area (Å²) in [6.07, 6.45) is 1.31. The Kier molecular flexibility index (Phi) is 24.3. The van der Waals surface area contributed by atoms with E-state index in [1.165, 1.54) is 46.2 Å². The van der Waals surface area contributed by atoms with Gasteiger partial charge in [-0.2, -0.15) is 11.1 Å². The number of carbonyl (C=O) groups is 2. The van der Waals surface area contributed by atoms with Gasteiger partial charge in [0.05, 0.1) is 32.5 Å². The van der Waals surface area contributed by atoms with E-state index in [2.05, 4.69) is 43.1 Å². The third-order valence-electron chi connectivity index (χ3n) is 7.30. The zero-order valence-electron chi connectivity index (χ0n) is 32.6. The molecule has 22 heteroatoms. The minimum absolute atomic E-state index is 0.0225. The van der Waals surface area contributed by atoms with Gasteiger partial charge in [-0.05, 0) is 56.5 Å². The van der Waals surface area contributed by atoms with E-state index in [0.29, 0.717) is 43.9 Å². The predicted molar refractivity (Wildman–Crippen MR) is 230 cm³/mol. The second-order valence-corrected chi connectivity index (χ2v) is 22.3. The molecule has 2 rings (SSSR count). The Morgan fingerprint density at radius 3 is 2.61 bits per heavy atom. The lowest BCUT2D eigenvalue weighted by molar-refractivity contribution is -0.126. The maximum atomic E-state index is 12.4. The van der Waals surface area contributed by atoms with Gasteiger partial charge < -0.3 is 54.6 Å². The first kappa shape index (κ1) is 50.9. The number of rotatable bonds is 26. The van der Waals surface area contributed by atoms with E-state index in [1.54, 1.807) is 35.1 Å². The van der Waals surface area contributed by atoms with Crippen molar-refractivity contribution in [2.75, 3.05) is 64.7 Å². The van der Waals surface area contributed by atoms with Crippen LogP contribution in [0.25, 0.3) is 0 Å². The number of benzene rings is 1. The van der Waals surface area contributed by atoms with Crippen molar-refractivity contribution >= 4 is 81.6 Å². The van der Waals surface area contributed by atoms with Crippen LogP contribution in [0.4, 0.5) is 0 Å². The average Bonchev–Trinajstić information content (AvgIpc) is 3.52. The van der Waals surface area contributed by atoms with Crippen molar-refractivity contribution in [2.45, 2.75) is 80.2 Å². The topological polar surface area (TPSA) is 221 Å². The normalized spacial score (nSPS) is 18.2. The van der Waals surface area contributed by atoms with Crippen molar-refractivity contribution < 1.29 is 52.4 Å². The third-order valence-corrected chi connectivity index (χ3v) is 15.1. The van der Waals surface area contributed by atoms with Gasteiger partial charge >= 0.3 is 7.60 Å². The fourth-order valence-corrected chi connectivity index (χ4v) is 9.25. The van der Waals surface area contributed by atoms with Crippen LogP contribution in [0.2, 0.25) is 0 Å². The van der Waals surface area contributed by atoms with Crippen LogP contribution in [0, 0.1) is 22.4 Å². The molecule has 0 aromatic heterocycles. The van der Waals surface area contributed by atoms with Crippen molar-refractivity contribution in [3.8, 4) is 22.9 Å². The summed E-state index contributed by atoms with van der Waals surface area (Å²) in [6.45, 7) is 10.1. The van der Waals surface area contributed by atoms with E-state index in [-0.39, 0.29) is 73.0 Å². The van der Waals surface area contributed by atoms with Gasteiger partial charge in [0, 0.05) is 35.2 Å². The predicted octanol–water partition coefficient (Wildman–Crippen LogP) is 3.79. The summed E-state index contributed by atoms with van der Waals surface area (Å²) in [5.74, 6) is 6.33. The maximum absolute atomic E-state index is 12.4. The molecular formula is C34H54BN4O11PS5. The Morgan fingerprint density at radius 1 is 1.16 bits per heavy atom. The van der Waals surface area contributed by atoms with E-state index < -0.39 is 25.1 Å². The SMILES string of the molecule is CSS[C@H](CSC#N)O[C@@H]1C[C@H](BC#CCNC(=O)COCCOC(COc2cccc(C(=O)NCCN)c2)SSC(C)(C)C)OC1COC(C)(C)P(=O)(O)O. The average molecular weight is 897 g/mol. The fourth-order valence-electron chi connectivity index (χ4n) is 4.42. The lowest BCUT2D eigenvalue weighted by atomic mass is 9.71. The van der Waals surface area contributed by atoms with Gasteiger partial charge in [-0.1, -0.05) is 75.9 Å². The van der Waals surface area contributed by atoms with E-state index in [4.69, 9.17) is 39.4 Å². The van der Waals surface area contributed by atoms with Gasteiger partial charge in [0.2, 0.25) is 13.2 Å². The zero-order valence-corrected chi connectivity index (χ0v) is 37.5. The molecule has 6 N–H and O–H groups in total. The van der Waals surface area contributed by atoms with Gasteiger partial charge in [-0.15, -0.1) is 0 Å². The first-order chi connectivity index (χ1) is 26.5. The molecule has 2 amide bonds. The zero-order chi connectivity index (χ0) is 41.6. The molecular weight excluding hydrogens is 843 g/mol. The van der Waals surface area contributed by atoms with Crippen molar-refractivity contribution in [3.63, 3.8) is 0 Å². The van der Waals surface area contributed by atoms with Crippen LogP contribution in [-0.2, 0) is 33.0 Å². The highest BCUT2D eigenvalue weighted by Gasteiger charge is 2.43. The molecule has 1 saturated heterocycles. The van der Waals surface area contributed by atoms with Crippen LogP contribution < -0.4 is 21.1 Å². The highest BCUT2D eigenvalue weighted by Crippen LogP contribution is 2.51. The molecule has 15 nitrogen and oxygen atoms in total. The quantitative estimate of drug-likeness (QED) is 0.0170. The lowest BCUT2D eigenvalue weighted by Gasteiger charge is -2.29. The minimum Gasteiger partial charge on any atom is -0.490 e. The molecule has 314 valence electrons. The Bertz CT molecular complexity index is 1510. The summed E-state index contributed by atoms with van der Waals surface area (Å²) >= 11 is 1.08. The molecule has 56 heavy (non-hydrogen) atoms. The number of carbonyl (C=O) groups excluding carboxylic acids is 2. The molecule has 1 aliphatic rings. The summed E-state index contributed by atoms with van der Waals surface area (Å²) in [7, 11) is 1.96. The molecule has 0 spiro atoms. The molecule has 1 aliphatic heterocycles. The monoisotopic (exact) mass is 896 g/mol. The van der Waals surface area contributed by atoms with E-state index >= 15 is 0 Å². The number of ether oxygens (including phenoxy) is 6. The largest absolute Gasteiger partial charge is 0.490 e. The highest BCUT2D eigenvalue weighted by atomic mass is 33.1. The van der Waals surface area contributed by atoms with E-state index in [0.717, 1.165) is 11.8 Å². The number of nitriles is 1. The second-order valence-electron chi connectivity index (χ2n) is 13.5. The highest BCUT2D eigenvalue weighted by molar-refractivity contribution is 8.77. The molecule has 2 unspecified atom stereocenters. The Labute approximate surface area is 351 Å². The number of nitrogens with two attached hydrogens (primary N) is 1. The molecule has 0 aliphatic carbocycles. The number of amides is 2. The summed E-state index contributed by atoms with van der Waals surface area (Å²) in [5, 5.41) is 14.8. The van der Waals surface area contributed by atoms with Gasteiger partial charge in [-0.25, -0.2) is 0 Å². The maximum Gasteiger partial charge on any atom is 0.356 e. The Hall–Kier alpha value is -1.27. The van der Waals surface area contributed by atoms with Gasteiger partial charge in [0.25, 0.3) is 5.91 Å². The molecule has 0 radical (unpaired) electrons. The smallest absolute Gasteiger partial charge is 0.356 e. The van der Waals surface area contributed by atoms with Crippen molar-refractivity contribution in [3.05, 3.63) is 29.8 Å². The Balaban J connectivity index is 1.81. The molecule has 1 aromatic rings. The first-order valence-corrected chi connectivity index (χ1v) is 25.1. The number of nitrogens with one attached hydrogen (secondary N) is 2. The summed E-state index contributed by atoms with van der Waals surface area (Å²) in [6, 6.07) is 6.55.